The van der Waals surface area contributed by atoms with E-state index >= 15 is 0 Å². The molecule has 0 aliphatic carbocycles. The molecule has 1 heterocycles. The molecule has 0 bridgehead atoms. The fraction of sp³-hybridized carbons (Fsp3) is 0.185. The number of nitrogens with zero attached hydrogens (tertiary/aromatic N) is 1. The number of hydrogen-bond donors (Lipinski definition) is 1. The molecule has 6 nitrogen and oxygen atoms in total. The zero-order valence-electron chi connectivity index (χ0n) is 19.4. The quantitative estimate of drug-likeness (QED) is 0.260. The molecule has 9 heteroatoms. The highest BCUT2D eigenvalue weighted by atomic mass is 19.4. The summed E-state index contributed by atoms with van der Waals surface area (Å²) in [5, 5.41) is 11.2. The van der Waals surface area contributed by atoms with E-state index in [0.29, 0.717) is 23.5 Å². The second-order valence-corrected chi connectivity index (χ2v) is 8.08. The molecular formula is C27H22F3NO5. The smallest absolute Gasteiger partial charge is 0.507 e. The zero-order valence-corrected chi connectivity index (χ0v) is 19.4. The summed E-state index contributed by atoms with van der Waals surface area (Å²) in [6.07, 6.45) is -4.87. The van der Waals surface area contributed by atoms with E-state index in [0.717, 1.165) is 22.6 Å². The molecule has 1 amide bonds. The van der Waals surface area contributed by atoms with E-state index in [1.54, 1.807) is 42.5 Å². The van der Waals surface area contributed by atoms with Gasteiger partial charge >= 0.3 is 6.36 Å². The van der Waals surface area contributed by atoms with Gasteiger partial charge in [-0.3, -0.25) is 14.5 Å². The number of alkyl halides is 3. The van der Waals surface area contributed by atoms with Gasteiger partial charge in [-0.1, -0.05) is 29.8 Å². The molecule has 1 N–H and O–H groups in total. The van der Waals surface area contributed by atoms with Crippen LogP contribution in [-0.4, -0.2) is 29.8 Å². The van der Waals surface area contributed by atoms with Gasteiger partial charge in [-0.15, -0.1) is 13.2 Å². The van der Waals surface area contributed by atoms with Crippen molar-refractivity contribution in [3.63, 3.8) is 0 Å². The first-order chi connectivity index (χ1) is 17.1. The predicted molar refractivity (Wildman–Crippen MR) is 127 cm³/mol. The van der Waals surface area contributed by atoms with Gasteiger partial charge in [0.2, 0.25) is 0 Å². The van der Waals surface area contributed by atoms with Crippen molar-refractivity contribution in [2.75, 3.05) is 11.5 Å². The minimum atomic E-state index is -4.87. The summed E-state index contributed by atoms with van der Waals surface area (Å²) in [5.74, 6) is -2.10. The fourth-order valence-corrected chi connectivity index (χ4v) is 4.09. The Morgan fingerprint density at radius 1 is 0.972 bits per heavy atom. The SMILES string of the molecule is CCOc1ccc(/C(O)=C2/C(=O)C(=O)N(c3ccc(OC(F)(F)F)cc3)C2c2cccc(C)c2)cc1. The number of aryl methyl sites for hydroxylation is 1. The number of aliphatic hydroxyl groups is 1. The number of benzene rings is 3. The number of Topliss-reactive ketones (excluding diaryl/α,β-unsaturated/α-hetero) is 1. The van der Waals surface area contributed by atoms with Gasteiger partial charge in [0.1, 0.15) is 17.3 Å². The monoisotopic (exact) mass is 497 g/mol. The first kappa shape index (κ1) is 24.8. The number of carbonyl (C=O) groups excluding carboxylic acids is 2. The molecule has 0 spiro atoms. The van der Waals surface area contributed by atoms with Crippen LogP contribution in [0.3, 0.4) is 0 Å². The molecule has 36 heavy (non-hydrogen) atoms. The van der Waals surface area contributed by atoms with Crippen LogP contribution in [0.2, 0.25) is 0 Å². The highest BCUT2D eigenvalue weighted by Gasteiger charge is 2.47. The third-order valence-corrected chi connectivity index (χ3v) is 5.59. The molecule has 1 fully saturated rings. The van der Waals surface area contributed by atoms with Gasteiger partial charge in [-0.25, -0.2) is 0 Å². The van der Waals surface area contributed by atoms with E-state index in [1.807, 2.05) is 19.9 Å². The zero-order chi connectivity index (χ0) is 26.0. The lowest BCUT2D eigenvalue weighted by atomic mass is 9.94. The van der Waals surface area contributed by atoms with Crippen LogP contribution in [0.1, 0.15) is 29.7 Å². The van der Waals surface area contributed by atoms with Crippen molar-refractivity contribution in [1.29, 1.82) is 0 Å². The summed E-state index contributed by atoms with van der Waals surface area (Å²) in [6, 6.07) is 17.1. The van der Waals surface area contributed by atoms with Gasteiger partial charge in [0, 0.05) is 11.3 Å². The van der Waals surface area contributed by atoms with Crippen LogP contribution in [0, 0.1) is 6.92 Å². The third kappa shape index (κ3) is 5.05. The van der Waals surface area contributed by atoms with E-state index in [-0.39, 0.29) is 17.0 Å². The van der Waals surface area contributed by atoms with Crippen molar-refractivity contribution in [3.8, 4) is 11.5 Å². The van der Waals surface area contributed by atoms with Gasteiger partial charge in [0.15, 0.2) is 0 Å². The first-order valence-electron chi connectivity index (χ1n) is 11.1. The molecule has 4 rings (SSSR count). The lowest BCUT2D eigenvalue weighted by molar-refractivity contribution is -0.274. The van der Waals surface area contributed by atoms with Gasteiger partial charge < -0.3 is 14.6 Å². The lowest BCUT2D eigenvalue weighted by Gasteiger charge is -2.26. The Morgan fingerprint density at radius 3 is 2.19 bits per heavy atom. The highest BCUT2D eigenvalue weighted by Crippen LogP contribution is 2.43. The number of ether oxygens (including phenoxy) is 2. The Kier molecular flexibility index (Phi) is 6.74. The van der Waals surface area contributed by atoms with Gasteiger partial charge in [-0.2, -0.15) is 0 Å². The van der Waals surface area contributed by atoms with Crippen LogP contribution in [0.4, 0.5) is 18.9 Å². The minimum absolute atomic E-state index is 0.134. The average molecular weight is 497 g/mol. The standard InChI is InChI=1S/C27H22F3NO5/c1-3-35-20-11-7-17(8-12-20)24(32)22-23(18-6-4-5-16(2)15-18)31(26(34)25(22)33)19-9-13-21(14-10-19)36-27(28,29)30/h4-15,23,32H,3H2,1-2H3/b24-22-. The Morgan fingerprint density at radius 2 is 1.61 bits per heavy atom. The fourth-order valence-electron chi connectivity index (χ4n) is 4.09. The normalized spacial score (nSPS) is 17.4. The maximum Gasteiger partial charge on any atom is 0.573 e. The van der Waals surface area contributed by atoms with E-state index < -0.39 is 29.8 Å². The van der Waals surface area contributed by atoms with E-state index in [9.17, 15) is 27.9 Å². The highest BCUT2D eigenvalue weighted by molar-refractivity contribution is 6.51. The Bertz CT molecular complexity index is 1310. The van der Waals surface area contributed by atoms with Gasteiger partial charge in [0.05, 0.1) is 18.2 Å². The maximum atomic E-state index is 13.2. The van der Waals surface area contributed by atoms with Crippen molar-refractivity contribution in [3.05, 3.63) is 95.1 Å². The van der Waals surface area contributed by atoms with E-state index in [4.69, 9.17) is 4.74 Å². The number of anilines is 1. The molecule has 0 aromatic heterocycles. The summed E-state index contributed by atoms with van der Waals surface area (Å²) in [4.78, 5) is 27.5. The molecule has 3 aromatic rings. The number of halogens is 3. The van der Waals surface area contributed by atoms with Crippen molar-refractivity contribution < 1.29 is 37.3 Å². The van der Waals surface area contributed by atoms with Crippen LogP contribution in [0.5, 0.6) is 11.5 Å². The molecule has 1 saturated heterocycles. The van der Waals surface area contributed by atoms with E-state index in [2.05, 4.69) is 4.74 Å². The Hall–Kier alpha value is -4.27. The molecule has 1 aliphatic rings. The number of aliphatic hydroxyl groups excluding tert-OH is 1. The number of amides is 1. The molecule has 0 saturated carbocycles. The number of carbonyl (C=O) groups is 2. The lowest BCUT2D eigenvalue weighted by Crippen LogP contribution is -2.29. The molecule has 1 atom stereocenters. The first-order valence-corrected chi connectivity index (χ1v) is 11.1. The average Bonchev–Trinajstić information content (AvgIpc) is 3.09. The summed E-state index contributed by atoms with van der Waals surface area (Å²) in [6.45, 7) is 4.13. The van der Waals surface area contributed by atoms with Crippen molar-refractivity contribution in [2.24, 2.45) is 0 Å². The van der Waals surface area contributed by atoms with E-state index in [1.165, 1.54) is 12.1 Å². The number of rotatable bonds is 6. The second kappa shape index (κ2) is 9.77. The van der Waals surface area contributed by atoms with Crippen molar-refractivity contribution in [1.82, 2.24) is 0 Å². The topological polar surface area (TPSA) is 76.1 Å². The van der Waals surface area contributed by atoms with Crippen LogP contribution in [0.25, 0.3) is 5.76 Å². The minimum Gasteiger partial charge on any atom is -0.507 e. The second-order valence-electron chi connectivity index (χ2n) is 8.08. The van der Waals surface area contributed by atoms with Crippen molar-refractivity contribution >= 4 is 23.1 Å². The molecule has 3 aromatic carbocycles. The Labute approximate surface area is 205 Å². The third-order valence-electron chi connectivity index (χ3n) is 5.59. The molecule has 1 unspecified atom stereocenters. The van der Waals surface area contributed by atoms with Crippen LogP contribution >= 0.6 is 0 Å². The summed E-state index contributed by atoms with van der Waals surface area (Å²) < 4.78 is 47.0. The van der Waals surface area contributed by atoms with Crippen molar-refractivity contribution in [2.45, 2.75) is 26.3 Å². The van der Waals surface area contributed by atoms with Crippen LogP contribution in [0.15, 0.2) is 78.4 Å². The van der Waals surface area contributed by atoms with Crippen LogP contribution in [-0.2, 0) is 9.59 Å². The molecule has 0 radical (unpaired) electrons. The maximum absolute atomic E-state index is 13.2. The predicted octanol–water partition coefficient (Wildman–Crippen LogP) is 5.92. The summed E-state index contributed by atoms with van der Waals surface area (Å²) >= 11 is 0. The Balaban J connectivity index is 1.83. The number of hydrogen-bond acceptors (Lipinski definition) is 5. The van der Waals surface area contributed by atoms with Gasteiger partial charge in [0.25, 0.3) is 11.7 Å². The molecule has 1 aliphatic heterocycles. The largest absolute Gasteiger partial charge is 0.573 e. The van der Waals surface area contributed by atoms with Crippen LogP contribution < -0.4 is 14.4 Å². The number of ketones is 1. The van der Waals surface area contributed by atoms with Gasteiger partial charge in [-0.05, 0) is 67.9 Å². The summed E-state index contributed by atoms with van der Waals surface area (Å²) in [7, 11) is 0. The summed E-state index contributed by atoms with van der Waals surface area (Å²) in [5.41, 5.74) is 1.75. The molecule has 186 valence electrons. The molecular weight excluding hydrogens is 475 g/mol.